The Bertz CT molecular complexity index is 2870. The van der Waals surface area contributed by atoms with Gasteiger partial charge in [-0.1, -0.05) is 49.2 Å². The van der Waals surface area contributed by atoms with Gasteiger partial charge in [-0.2, -0.15) is 0 Å². The second-order valence-electron chi connectivity index (χ2n) is 23.2. The number of imide groups is 1. The van der Waals surface area contributed by atoms with E-state index in [1.807, 2.05) is 19.2 Å². The highest BCUT2D eigenvalue weighted by atomic mass is 35.5. The molecular weight excluding hydrogens is 945 g/mol. The number of rotatable bonds is 9. The average molecular weight is 1010 g/mol. The number of nitrogens with zero attached hydrogens (tertiary/aromatic N) is 6. The molecular formula is C54H66Cl2FN9O5. The Labute approximate surface area is 424 Å². The van der Waals surface area contributed by atoms with E-state index in [-0.39, 0.29) is 52.0 Å². The van der Waals surface area contributed by atoms with Gasteiger partial charge in [0.15, 0.2) is 11.0 Å². The first-order chi connectivity index (χ1) is 33.9. The predicted molar refractivity (Wildman–Crippen MR) is 271 cm³/mol. The van der Waals surface area contributed by atoms with Crippen molar-refractivity contribution >= 4 is 63.6 Å². The number of amides is 4. The molecule has 378 valence electrons. The molecule has 2 saturated carbocycles. The normalized spacial score (nSPS) is 29.4. The number of carbonyl (C=O) groups excluding carboxylic acids is 4. The number of piperidine rings is 2. The molecule has 4 atom stereocenters. The molecule has 2 aromatic heterocycles. The van der Waals surface area contributed by atoms with Gasteiger partial charge in [0.1, 0.15) is 11.5 Å². The molecule has 6 fully saturated rings. The summed E-state index contributed by atoms with van der Waals surface area (Å²) in [6.45, 7) is 10.9. The highest BCUT2D eigenvalue weighted by molar-refractivity contribution is 6.31. The molecule has 4 amide bonds. The molecule has 2 aromatic carbocycles. The number of nitrogens with one attached hydrogen (secondary N) is 3. The maximum atomic E-state index is 16.6. The van der Waals surface area contributed by atoms with Crippen molar-refractivity contribution in [3.05, 3.63) is 91.8 Å². The molecule has 71 heavy (non-hydrogen) atoms. The lowest BCUT2D eigenvalue weighted by Crippen LogP contribution is -2.62. The number of fused-ring (bicyclic) bond motifs is 4. The quantitative estimate of drug-likeness (QED) is 0.118. The van der Waals surface area contributed by atoms with Crippen LogP contribution < -0.4 is 21.6 Å². The summed E-state index contributed by atoms with van der Waals surface area (Å²) in [6, 6.07) is 11.5. The topological polar surface area (TPSA) is 154 Å². The minimum absolute atomic E-state index is 0.0294. The van der Waals surface area contributed by atoms with E-state index < -0.39 is 40.7 Å². The standard InChI is InChI=1S/C54H66Cl2FN9O5/c1-51(2)17-19-53(20-18-51)54(37-11-8-34(55)28-38(37)60-49(54)70)43(36-15-23-58-46(56)44(36)57)45(63(53)4)48(69)59-35-9-5-33(6-10-35)29-64-25-21-52(22-26-64)30-65(31-52)24-16-32-7-12-39-41(27-32)62(3)50(71)66(39)40-13-14-42(67)61-47(40)68/h7-8,11-12,15,23,27-28,33,35,40,43,45H,5-6,9-10,13-14,16-22,24-26,29-31H2,1-4H3,(H,59,69)(H,60,70)(H,61,67,68)/t33?,35?,40-,43-,45+,54+/m0/s1. The molecule has 2 aliphatic carbocycles. The van der Waals surface area contributed by atoms with Crippen molar-refractivity contribution in [1.82, 2.24) is 39.5 Å². The number of anilines is 1. The number of hydrogen-bond donors (Lipinski definition) is 3. The van der Waals surface area contributed by atoms with E-state index in [0.717, 1.165) is 101 Å². The van der Waals surface area contributed by atoms with Crippen LogP contribution in [0.3, 0.4) is 0 Å². The molecule has 5 aliphatic heterocycles. The SMILES string of the molecule is CN1[C@@H](C(=O)NC2CCC(CN3CCC4(CC3)CN(CCc3ccc5c(c3)n(C)c(=O)n5[C@H]3CCC(=O)NC3=O)C4)CC2)[C@H](c2ccnc(Cl)c2F)[C@]2(C(=O)Nc3cc(Cl)ccc32)C12CCC(C)(C)CC2. The van der Waals surface area contributed by atoms with Crippen molar-refractivity contribution in [1.29, 1.82) is 0 Å². The fraction of sp³-hybridized carbons (Fsp3) is 0.593. The summed E-state index contributed by atoms with van der Waals surface area (Å²) in [5.74, 6) is -2.19. The first-order valence-electron chi connectivity index (χ1n) is 25.9. The second-order valence-corrected chi connectivity index (χ2v) is 24.0. The smallest absolute Gasteiger partial charge is 0.329 e. The fourth-order valence-electron chi connectivity index (χ4n) is 14.7. The molecule has 0 radical (unpaired) electrons. The third-order valence-electron chi connectivity index (χ3n) is 18.7. The average Bonchev–Trinajstić information content (AvgIpc) is 3.85. The van der Waals surface area contributed by atoms with Gasteiger partial charge in [0, 0.05) is 74.1 Å². The van der Waals surface area contributed by atoms with Crippen molar-refractivity contribution in [3.63, 3.8) is 0 Å². The van der Waals surface area contributed by atoms with Gasteiger partial charge in [0.25, 0.3) is 0 Å². The number of likely N-dealkylation sites (N-methyl/N-ethyl adjacent to an activating group) is 1. The molecule has 4 saturated heterocycles. The second kappa shape index (κ2) is 18.1. The lowest BCUT2D eigenvalue weighted by molar-refractivity contribution is -0.136. The van der Waals surface area contributed by atoms with Gasteiger partial charge >= 0.3 is 5.69 Å². The van der Waals surface area contributed by atoms with Gasteiger partial charge in [-0.15, -0.1) is 0 Å². The van der Waals surface area contributed by atoms with Crippen LogP contribution in [0.1, 0.15) is 120 Å². The lowest BCUT2D eigenvalue weighted by atomic mass is 9.53. The Hall–Kier alpha value is -4.67. The van der Waals surface area contributed by atoms with Crippen LogP contribution in [0.4, 0.5) is 10.1 Å². The zero-order chi connectivity index (χ0) is 49.8. The van der Waals surface area contributed by atoms with Crippen LogP contribution >= 0.6 is 23.2 Å². The minimum atomic E-state index is -1.30. The Morgan fingerprint density at radius 3 is 2.31 bits per heavy atom. The van der Waals surface area contributed by atoms with Gasteiger partial charge in [-0.3, -0.25) is 38.5 Å². The van der Waals surface area contributed by atoms with E-state index in [1.54, 1.807) is 29.8 Å². The molecule has 7 heterocycles. The molecule has 7 aliphatic rings. The van der Waals surface area contributed by atoms with Gasteiger partial charge in [-0.05, 0) is 161 Å². The van der Waals surface area contributed by atoms with Gasteiger partial charge in [-0.25, -0.2) is 14.2 Å². The van der Waals surface area contributed by atoms with Crippen molar-refractivity contribution in [3.8, 4) is 0 Å². The van der Waals surface area contributed by atoms with Crippen LogP contribution in [0.25, 0.3) is 11.0 Å². The van der Waals surface area contributed by atoms with E-state index in [0.29, 0.717) is 46.8 Å². The summed E-state index contributed by atoms with van der Waals surface area (Å²) in [7, 11) is 3.70. The predicted octanol–water partition coefficient (Wildman–Crippen LogP) is 7.10. The largest absolute Gasteiger partial charge is 0.352 e. The molecule has 11 rings (SSSR count). The molecule has 17 heteroatoms. The highest BCUT2D eigenvalue weighted by Gasteiger charge is 2.75. The number of imidazole rings is 1. The Morgan fingerprint density at radius 2 is 1.59 bits per heavy atom. The van der Waals surface area contributed by atoms with E-state index >= 15 is 14.0 Å². The van der Waals surface area contributed by atoms with Crippen molar-refractivity contribution in [2.24, 2.45) is 23.8 Å². The molecule has 0 bridgehead atoms. The number of aromatic nitrogens is 3. The summed E-state index contributed by atoms with van der Waals surface area (Å²) in [5.41, 5.74) is 2.29. The van der Waals surface area contributed by atoms with Crippen molar-refractivity contribution in [2.45, 2.75) is 132 Å². The molecule has 4 aromatic rings. The fourth-order valence-corrected chi connectivity index (χ4v) is 15.0. The van der Waals surface area contributed by atoms with E-state index in [2.05, 4.69) is 61.6 Å². The summed E-state index contributed by atoms with van der Waals surface area (Å²) in [6.07, 6.45) is 12.0. The number of benzene rings is 2. The van der Waals surface area contributed by atoms with Crippen LogP contribution in [-0.4, -0.2) is 116 Å². The van der Waals surface area contributed by atoms with Gasteiger partial charge < -0.3 is 20.4 Å². The first kappa shape index (κ1) is 48.6. The van der Waals surface area contributed by atoms with Crippen LogP contribution in [0.15, 0.2) is 53.5 Å². The van der Waals surface area contributed by atoms with Crippen LogP contribution in [-0.2, 0) is 38.1 Å². The Balaban J connectivity index is 0.705. The third-order valence-corrected chi connectivity index (χ3v) is 19.2. The highest BCUT2D eigenvalue weighted by Crippen LogP contribution is 2.67. The summed E-state index contributed by atoms with van der Waals surface area (Å²) in [4.78, 5) is 79.1. The zero-order valence-corrected chi connectivity index (χ0v) is 42.8. The van der Waals surface area contributed by atoms with Crippen LogP contribution in [0.2, 0.25) is 10.2 Å². The monoisotopic (exact) mass is 1010 g/mol. The summed E-state index contributed by atoms with van der Waals surface area (Å²) in [5, 5.41) is 9.20. The van der Waals surface area contributed by atoms with Crippen LogP contribution in [0, 0.1) is 22.6 Å². The zero-order valence-electron chi connectivity index (χ0n) is 41.3. The van der Waals surface area contributed by atoms with E-state index in [4.69, 9.17) is 23.2 Å². The number of aryl methyl sites for hydroxylation is 1. The molecule has 3 N–H and O–H groups in total. The number of carbonyl (C=O) groups is 4. The summed E-state index contributed by atoms with van der Waals surface area (Å²) < 4.78 is 19.7. The Kier molecular flexibility index (Phi) is 12.4. The van der Waals surface area contributed by atoms with Gasteiger partial charge in [0.2, 0.25) is 23.6 Å². The molecule has 14 nitrogen and oxygen atoms in total. The number of pyridine rings is 1. The van der Waals surface area contributed by atoms with E-state index in [1.165, 1.54) is 23.6 Å². The maximum absolute atomic E-state index is 16.6. The minimum Gasteiger partial charge on any atom is -0.352 e. The Morgan fingerprint density at radius 1 is 0.859 bits per heavy atom. The number of halogens is 3. The molecule has 3 spiro atoms. The van der Waals surface area contributed by atoms with E-state index in [9.17, 15) is 14.4 Å². The van der Waals surface area contributed by atoms with Crippen molar-refractivity contribution in [2.75, 3.05) is 51.6 Å². The van der Waals surface area contributed by atoms with Crippen LogP contribution in [0.5, 0.6) is 0 Å². The number of hydrogen-bond acceptors (Lipinski definition) is 9. The first-order valence-corrected chi connectivity index (χ1v) is 26.6. The summed E-state index contributed by atoms with van der Waals surface area (Å²) >= 11 is 12.9. The lowest BCUT2D eigenvalue weighted by Gasteiger charge is -2.54. The third kappa shape index (κ3) is 8.06. The maximum Gasteiger partial charge on any atom is 0.329 e. The van der Waals surface area contributed by atoms with Gasteiger partial charge in [0.05, 0.1) is 17.1 Å². The number of likely N-dealkylation sites (tertiary alicyclic amines) is 3. The molecule has 0 unspecified atom stereocenters. The van der Waals surface area contributed by atoms with Crippen molar-refractivity contribution < 1.29 is 23.6 Å².